The predicted octanol–water partition coefficient (Wildman–Crippen LogP) is -0.524. The van der Waals surface area contributed by atoms with Crippen LogP contribution >= 0.6 is 0 Å². The van der Waals surface area contributed by atoms with E-state index in [0.29, 0.717) is 12.1 Å². The van der Waals surface area contributed by atoms with Crippen LogP contribution < -0.4 is 11.1 Å². The molecule has 1 aliphatic carbocycles. The Morgan fingerprint density at radius 2 is 2.00 bits per heavy atom. The maximum absolute atomic E-state index is 11.2. The Balaban J connectivity index is 2.48. The molecule has 5 nitrogen and oxygen atoms in total. The molecule has 1 atom stereocenters. The van der Waals surface area contributed by atoms with E-state index >= 15 is 0 Å². The first-order valence-corrected chi connectivity index (χ1v) is 6.24. The number of likely N-dealkylation sites (N-methyl/N-ethyl adjacent to an activating group) is 3. The molecule has 1 unspecified atom stereocenters. The molecule has 1 fully saturated rings. The number of carbonyl (C=O) groups is 1. The first-order valence-electron chi connectivity index (χ1n) is 6.24. The van der Waals surface area contributed by atoms with E-state index in [1.807, 2.05) is 0 Å². The van der Waals surface area contributed by atoms with E-state index in [1.165, 1.54) is 19.3 Å². The standard InChI is InChI=1S/C12H26N4O/c1-14-10(11(13)17)8-16(4)9-12(15(2)3)6-5-7-12/h10,14H,5-9H2,1-4H3,(H2,13,17). The summed E-state index contributed by atoms with van der Waals surface area (Å²) >= 11 is 0. The van der Waals surface area contributed by atoms with Gasteiger partial charge in [-0.2, -0.15) is 0 Å². The molecule has 0 saturated heterocycles. The first kappa shape index (κ1) is 14.4. The molecule has 0 aromatic rings. The number of hydrogen-bond acceptors (Lipinski definition) is 4. The highest BCUT2D eigenvalue weighted by atomic mass is 16.1. The Hall–Kier alpha value is -0.650. The Kier molecular flexibility index (Phi) is 4.91. The molecule has 1 amide bonds. The lowest BCUT2D eigenvalue weighted by Gasteiger charge is -2.49. The van der Waals surface area contributed by atoms with E-state index in [2.05, 4.69) is 36.3 Å². The fourth-order valence-electron chi connectivity index (χ4n) is 2.53. The van der Waals surface area contributed by atoms with Gasteiger partial charge < -0.3 is 20.9 Å². The lowest BCUT2D eigenvalue weighted by Crippen LogP contribution is -2.58. The minimum atomic E-state index is -0.285. The Labute approximate surface area is 104 Å². The van der Waals surface area contributed by atoms with Gasteiger partial charge in [-0.3, -0.25) is 4.79 Å². The highest BCUT2D eigenvalue weighted by molar-refractivity contribution is 5.80. The van der Waals surface area contributed by atoms with Crippen LogP contribution in [0.15, 0.2) is 0 Å². The largest absolute Gasteiger partial charge is 0.368 e. The zero-order valence-corrected chi connectivity index (χ0v) is 11.5. The second-order valence-electron chi connectivity index (χ2n) is 5.41. The van der Waals surface area contributed by atoms with E-state index in [-0.39, 0.29) is 11.9 Å². The van der Waals surface area contributed by atoms with E-state index in [4.69, 9.17) is 5.73 Å². The van der Waals surface area contributed by atoms with Crippen molar-refractivity contribution < 1.29 is 4.79 Å². The van der Waals surface area contributed by atoms with Crippen LogP contribution in [0, 0.1) is 0 Å². The summed E-state index contributed by atoms with van der Waals surface area (Å²) in [4.78, 5) is 15.7. The van der Waals surface area contributed by atoms with Gasteiger partial charge in [0, 0.05) is 18.6 Å². The minimum absolute atomic E-state index is 0.265. The fourth-order valence-corrected chi connectivity index (χ4v) is 2.53. The van der Waals surface area contributed by atoms with Gasteiger partial charge >= 0.3 is 0 Å². The summed E-state index contributed by atoms with van der Waals surface area (Å²) in [6.07, 6.45) is 3.79. The van der Waals surface area contributed by atoms with Crippen LogP contribution in [0.25, 0.3) is 0 Å². The Bertz CT molecular complexity index is 263. The number of carbonyl (C=O) groups excluding carboxylic acids is 1. The molecule has 0 heterocycles. The van der Waals surface area contributed by atoms with Gasteiger partial charge in [-0.15, -0.1) is 0 Å². The molecule has 0 aromatic heterocycles. The highest BCUT2D eigenvalue weighted by Gasteiger charge is 2.40. The molecule has 0 spiro atoms. The lowest BCUT2D eigenvalue weighted by atomic mass is 9.75. The highest BCUT2D eigenvalue weighted by Crippen LogP contribution is 2.36. The number of nitrogens with one attached hydrogen (secondary N) is 1. The number of amides is 1. The van der Waals surface area contributed by atoms with Gasteiger partial charge in [0.25, 0.3) is 0 Å². The van der Waals surface area contributed by atoms with E-state index < -0.39 is 0 Å². The van der Waals surface area contributed by atoms with E-state index in [0.717, 1.165) is 6.54 Å². The Morgan fingerprint density at radius 1 is 1.41 bits per heavy atom. The van der Waals surface area contributed by atoms with Crippen LogP contribution in [-0.2, 0) is 4.79 Å². The fraction of sp³-hybridized carbons (Fsp3) is 0.917. The summed E-state index contributed by atoms with van der Waals surface area (Å²) in [6.45, 7) is 1.66. The lowest BCUT2D eigenvalue weighted by molar-refractivity contribution is -0.120. The smallest absolute Gasteiger partial charge is 0.235 e. The van der Waals surface area contributed by atoms with Crippen LogP contribution in [-0.4, -0.2) is 68.6 Å². The molecule has 3 N–H and O–H groups in total. The maximum Gasteiger partial charge on any atom is 0.235 e. The van der Waals surface area contributed by atoms with Gasteiger partial charge in [-0.05, 0) is 47.5 Å². The normalized spacial score (nSPS) is 20.4. The summed E-state index contributed by atoms with van der Waals surface area (Å²) in [5.41, 5.74) is 5.62. The van der Waals surface area contributed by atoms with Gasteiger partial charge in [0.05, 0.1) is 6.04 Å². The van der Waals surface area contributed by atoms with Crippen molar-refractivity contribution in [2.45, 2.75) is 30.8 Å². The van der Waals surface area contributed by atoms with Crippen molar-refractivity contribution in [2.75, 3.05) is 41.3 Å². The van der Waals surface area contributed by atoms with E-state index in [1.54, 1.807) is 7.05 Å². The second-order valence-corrected chi connectivity index (χ2v) is 5.41. The third-order valence-corrected chi connectivity index (χ3v) is 3.98. The predicted molar refractivity (Wildman–Crippen MR) is 69.8 cm³/mol. The van der Waals surface area contributed by atoms with Crippen molar-refractivity contribution in [2.24, 2.45) is 5.73 Å². The summed E-state index contributed by atoms with van der Waals surface area (Å²) in [7, 11) is 8.10. The second kappa shape index (κ2) is 5.80. The number of primary amides is 1. The maximum atomic E-state index is 11.2. The number of nitrogens with two attached hydrogens (primary N) is 1. The first-order chi connectivity index (χ1) is 7.91. The van der Waals surface area contributed by atoms with E-state index in [9.17, 15) is 4.79 Å². The molecule has 1 rings (SSSR count). The van der Waals surface area contributed by atoms with Crippen molar-refractivity contribution in [3.8, 4) is 0 Å². The van der Waals surface area contributed by atoms with Gasteiger partial charge in [0.15, 0.2) is 0 Å². The number of rotatable bonds is 7. The van der Waals surface area contributed by atoms with Crippen molar-refractivity contribution in [3.05, 3.63) is 0 Å². The number of hydrogen-bond donors (Lipinski definition) is 2. The van der Waals surface area contributed by atoms with Crippen molar-refractivity contribution in [1.82, 2.24) is 15.1 Å². The SMILES string of the molecule is CNC(CN(C)CC1(N(C)C)CCC1)C(N)=O. The van der Waals surface area contributed by atoms with Crippen LogP contribution in [0.1, 0.15) is 19.3 Å². The molecule has 0 aromatic carbocycles. The van der Waals surface area contributed by atoms with Gasteiger partial charge in [-0.25, -0.2) is 0 Å². The zero-order valence-electron chi connectivity index (χ0n) is 11.5. The van der Waals surface area contributed by atoms with Crippen LogP contribution in [0.5, 0.6) is 0 Å². The summed E-state index contributed by atoms with van der Waals surface area (Å²) in [5, 5.41) is 2.95. The molecule has 0 bridgehead atoms. The minimum Gasteiger partial charge on any atom is -0.368 e. The summed E-state index contributed by atoms with van der Waals surface area (Å²) in [5.74, 6) is -0.285. The van der Waals surface area contributed by atoms with Gasteiger partial charge in [0.1, 0.15) is 0 Å². The summed E-state index contributed by atoms with van der Waals surface area (Å²) in [6, 6.07) is -0.265. The van der Waals surface area contributed by atoms with Gasteiger partial charge in [0.2, 0.25) is 5.91 Å². The van der Waals surface area contributed by atoms with Crippen molar-refractivity contribution >= 4 is 5.91 Å². The average Bonchev–Trinajstić information content (AvgIpc) is 2.18. The molecular weight excluding hydrogens is 216 g/mol. The molecule has 0 aliphatic heterocycles. The quantitative estimate of drug-likeness (QED) is 0.630. The monoisotopic (exact) mass is 242 g/mol. The third-order valence-electron chi connectivity index (χ3n) is 3.98. The van der Waals surface area contributed by atoms with Crippen LogP contribution in [0.2, 0.25) is 0 Å². The van der Waals surface area contributed by atoms with Crippen LogP contribution in [0.3, 0.4) is 0 Å². The molecule has 17 heavy (non-hydrogen) atoms. The molecule has 0 radical (unpaired) electrons. The summed E-state index contributed by atoms with van der Waals surface area (Å²) < 4.78 is 0. The van der Waals surface area contributed by atoms with Crippen molar-refractivity contribution in [1.29, 1.82) is 0 Å². The Morgan fingerprint density at radius 3 is 2.29 bits per heavy atom. The topological polar surface area (TPSA) is 61.6 Å². The molecular formula is C12H26N4O. The third kappa shape index (κ3) is 3.40. The van der Waals surface area contributed by atoms with Crippen LogP contribution in [0.4, 0.5) is 0 Å². The molecule has 100 valence electrons. The average molecular weight is 242 g/mol. The zero-order chi connectivity index (χ0) is 13.1. The van der Waals surface area contributed by atoms with Gasteiger partial charge in [-0.1, -0.05) is 0 Å². The van der Waals surface area contributed by atoms with Crippen molar-refractivity contribution in [3.63, 3.8) is 0 Å². The molecule has 5 heteroatoms. The number of nitrogens with zero attached hydrogens (tertiary/aromatic N) is 2. The molecule has 1 saturated carbocycles. The molecule has 1 aliphatic rings.